The van der Waals surface area contributed by atoms with E-state index < -0.39 is 0 Å². The van der Waals surface area contributed by atoms with Gasteiger partial charge >= 0.3 is 0 Å². The SMILES string of the molecule is CCOc1ccccc1-c1cnc(CCCNC(C)C)[nH]1. The van der Waals surface area contributed by atoms with Crippen molar-refractivity contribution in [3.8, 4) is 17.0 Å². The van der Waals surface area contributed by atoms with Crippen LogP contribution in [0.4, 0.5) is 0 Å². The Morgan fingerprint density at radius 1 is 1.29 bits per heavy atom. The number of para-hydroxylation sites is 1. The first-order valence-corrected chi connectivity index (χ1v) is 7.70. The first kappa shape index (κ1) is 15.6. The third-order valence-electron chi connectivity index (χ3n) is 3.25. The maximum atomic E-state index is 5.67. The maximum absolute atomic E-state index is 5.67. The van der Waals surface area contributed by atoms with Gasteiger partial charge in [-0.1, -0.05) is 26.0 Å². The summed E-state index contributed by atoms with van der Waals surface area (Å²) in [5.41, 5.74) is 2.09. The van der Waals surface area contributed by atoms with Crippen molar-refractivity contribution in [2.24, 2.45) is 0 Å². The highest BCUT2D eigenvalue weighted by Gasteiger charge is 2.08. The van der Waals surface area contributed by atoms with Crippen molar-refractivity contribution in [1.82, 2.24) is 15.3 Å². The second-order valence-electron chi connectivity index (χ2n) is 5.39. The van der Waals surface area contributed by atoms with Gasteiger partial charge in [-0.15, -0.1) is 0 Å². The number of benzene rings is 1. The number of hydrogen-bond acceptors (Lipinski definition) is 3. The van der Waals surface area contributed by atoms with Crippen molar-refractivity contribution >= 4 is 0 Å². The summed E-state index contributed by atoms with van der Waals surface area (Å²) in [6.45, 7) is 8.00. The predicted molar refractivity (Wildman–Crippen MR) is 86.7 cm³/mol. The summed E-state index contributed by atoms with van der Waals surface area (Å²) in [6, 6.07) is 8.60. The van der Waals surface area contributed by atoms with Gasteiger partial charge < -0.3 is 15.0 Å². The summed E-state index contributed by atoms with van der Waals surface area (Å²) in [7, 11) is 0. The standard InChI is InChI=1S/C17H25N3O/c1-4-21-16-9-6-5-8-14(16)15-12-19-17(20-15)10-7-11-18-13(2)3/h5-6,8-9,12-13,18H,4,7,10-11H2,1-3H3,(H,19,20). The minimum Gasteiger partial charge on any atom is -0.493 e. The molecule has 1 heterocycles. The van der Waals surface area contributed by atoms with E-state index >= 15 is 0 Å². The summed E-state index contributed by atoms with van der Waals surface area (Å²) < 4.78 is 5.67. The Kier molecular flexibility index (Phi) is 5.81. The third kappa shape index (κ3) is 4.60. The molecule has 0 atom stereocenters. The van der Waals surface area contributed by atoms with E-state index in [-0.39, 0.29) is 0 Å². The number of rotatable bonds is 8. The van der Waals surface area contributed by atoms with Crippen LogP contribution >= 0.6 is 0 Å². The van der Waals surface area contributed by atoms with Crippen LogP contribution in [0.25, 0.3) is 11.3 Å². The summed E-state index contributed by atoms with van der Waals surface area (Å²) in [5, 5.41) is 3.42. The van der Waals surface area contributed by atoms with Crippen molar-refractivity contribution in [2.45, 2.75) is 39.7 Å². The van der Waals surface area contributed by atoms with Crippen LogP contribution in [0.15, 0.2) is 30.5 Å². The number of nitrogens with one attached hydrogen (secondary N) is 2. The second kappa shape index (κ2) is 7.84. The lowest BCUT2D eigenvalue weighted by molar-refractivity contribution is 0.341. The van der Waals surface area contributed by atoms with Gasteiger partial charge in [0.25, 0.3) is 0 Å². The van der Waals surface area contributed by atoms with Crippen molar-refractivity contribution in [3.05, 3.63) is 36.3 Å². The lowest BCUT2D eigenvalue weighted by Crippen LogP contribution is -2.24. The monoisotopic (exact) mass is 287 g/mol. The van der Waals surface area contributed by atoms with E-state index in [0.29, 0.717) is 12.6 Å². The molecule has 114 valence electrons. The Labute approximate surface area is 127 Å². The van der Waals surface area contributed by atoms with Gasteiger partial charge in [0.1, 0.15) is 11.6 Å². The van der Waals surface area contributed by atoms with E-state index in [2.05, 4.69) is 35.2 Å². The number of imidazole rings is 1. The van der Waals surface area contributed by atoms with Crippen molar-refractivity contribution in [2.75, 3.05) is 13.2 Å². The highest BCUT2D eigenvalue weighted by atomic mass is 16.5. The lowest BCUT2D eigenvalue weighted by Gasteiger charge is -2.08. The zero-order valence-corrected chi connectivity index (χ0v) is 13.1. The molecule has 0 saturated heterocycles. The van der Waals surface area contributed by atoms with E-state index in [1.807, 2.05) is 31.3 Å². The molecule has 2 rings (SSSR count). The van der Waals surface area contributed by atoms with Crippen molar-refractivity contribution in [3.63, 3.8) is 0 Å². The van der Waals surface area contributed by atoms with Crippen molar-refractivity contribution < 1.29 is 4.74 Å². The van der Waals surface area contributed by atoms with Gasteiger partial charge in [0.15, 0.2) is 0 Å². The fourth-order valence-electron chi connectivity index (χ4n) is 2.24. The predicted octanol–water partition coefficient (Wildman–Crippen LogP) is 3.41. The van der Waals surface area contributed by atoms with E-state index in [0.717, 1.165) is 42.2 Å². The van der Waals surface area contributed by atoms with E-state index in [4.69, 9.17) is 4.74 Å². The molecule has 0 saturated carbocycles. The van der Waals surface area contributed by atoms with Crippen LogP contribution in [0.3, 0.4) is 0 Å². The molecule has 1 aromatic heterocycles. The molecule has 0 unspecified atom stereocenters. The Morgan fingerprint density at radius 2 is 2.10 bits per heavy atom. The summed E-state index contributed by atoms with van der Waals surface area (Å²) in [5.74, 6) is 1.93. The molecule has 0 aliphatic rings. The fourth-order valence-corrected chi connectivity index (χ4v) is 2.24. The quantitative estimate of drug-likeness (QED) is 0.732. The molecule has 0 fully saturated rings. The number of nitrogens with zero attached hydrogens (tertiary/aromatic N) is 1. The average molecular weight is 287 g/mol. The third-order valence-corrected chi connectivity index (χ3v) is 3.25. The molecule has 4 nitrogen and oxygen atoms in total. The number of aromatic nitrogens is 2. The van der Waals surface area contributed by atoms with E-state index in [1.54, 1.807) is 0 Å². The normalized spacial score (nSPS) is 11.0. The number of aromatic amines is 1. The van der Waals surface area contributed by atoms with Gasteiger partial charge in [-0.25, -0.2) is 4.98 Å². The van der Waals surface area contributed by atoms with Gasteiger partial charge in [-0.3, -0.25) is 0 Å². The molecule has 0 amide bonds. The number of ether oxygens (including phenoxy) is 1. The topological polar surface area (TPSA) is 49.9 Å². The number of hydrogen-bond donors (Lipinski definition) is 2. The Morgan fingerprint density at radius 3 is 2.86 bits per heavy atom. The van der Waals surface area contributed by atoms with Crippen LogP contribution in [-0.2, 0) is 6.42 Å². The summed E-state index contributed by atoms with van der Waals surface area (Å²) in [4.78, 5) is 7.87. The second-order valence-corrected chi connectivity index (χ2v) is 5.39. The van der Waals surface area contributed by atoms with Crippen LogP contribution in [0.5, 0.6) is 5.75 Å². The molecule has 0 bridgehead atoms. The van der Waals surface area contributed by atoms with Crippen LogP contribution in [0.1, 0.15) is 33.0 Å². The van der Waals surface area contributed by atoms with Gasteiger partial charge in [0, 0.05) is 18.0 Å². The van der Waals surface area contributed by atoms with Gasteiger partial charge in [-0.2, -0.15) is 0 Å². The molecule has 0 aliphatic heterocycles. The highest BCUT2D eigenvalue weighted by Crippen LogP contribution is 2.28. The largest absolute Gasteiger partial charge is 0.493 e. The maximum Gasteiger partial charge on any atom is 0.128 e. The van der Waals surface area contributed by atoms with E-state index in [9.17, 15) is 0 Å². The summed E-state index contributed by atoms with van der Waals surface area (Å²) in [6.07, 6.45) is 3.93. The van der Waals surface area contributed by atoms with Gasteiger partial charge in [-0.05, 0) is 32.0 Å². The number of H-pyrrole nitrogens is 1. The number of aryl methyl sites for hydroxylation is 1. The minimum absolute atomic E-state index is 0.537. The van der Waals surface area contributed by atoms with Crippen LogP contribution in [-0.4, -0.2) is 29.2 Å². The highest BCUT2D eigenvalue weighted by molar-refractivity contribution is 5.66. The molecule has 21 heavy (non-hydrogen) atoms. The lowest BCUT2D eigenvalue weighted by atomic mass is 10.1. The molecule has 1 aromatic carbocycles. The van der Waals surface area contributed by atoms with Crippen LogP contribution in [0.2, 0.25) is 0 Å². The molecule has 2 N–H and O–H groups in total. The molecule has 0 radical (unpaired) electrons. The Balaban J connectivity index is 1.99. The molecule has 4 heteroatoms. The molecular formula is C17H25N3O. The molecule has 0 aliphatic carbocycles. The van der Waals surface area contributed by atoms with Crippen LogP contribution in [0, 0.1) is 0 Å². The molecule has 0 spiro atoms. The fraction of sp³-hybridized carbons (Fsp3) is 0.471. The average Bonchev–Trinajstić information content (AvgIpc) is 2.93. The van der Waals surface area contributed by atoms with Crippen molar-refractivity contribution in [1.29, 1.82) is 0 Å². The smallest absolute Gasteiger partial charge is 0.128 e. The van der Waals surface area contributed by atoms with E-state index in [1.165, 1.54) is 0 Å². The van der Waals surface area contributed by atoms with Crippen LogP contribution < -0.4 is 10.1 Å². The van der Waals surface area contributed by atoms with Gasteiger partial charge in [0.2, 0.25) is 0 Å². The first-order chi connectivity index (χ1) is 10.2. The molecule has 2 aromatic rings. The first-order valence-electron chi connectivity index (χ1n) is 7.70. The molecular weight excluding hydrogens is 262 g/mol. The van der Waals surface area contributed by atoms with Gasteiger partial charge in [0.05, 0.1) is 18.5 Å². The Hall–Kier alpha value is -1.81. The Bertz CT molecular complexity index is 548. The zero-order valence-electron chi connectivity index (χ0n) is 13.1. The minimum atomic E-state index is 0.537. The summed E-state index contributed by atoms with van der Waals surface area (Å²) >= 11 is 0. The zero-order chi connectivity index (χ0) is 15.1.